The number of carbonyl (C=O) groups excluding carboxylic acids is 2. The summed E-state index contributed by atoms with van der Waals surface area (Å²) in [6, 6.07) is -0.630. The van der Waals surface area contributed by atoms with Crippen molar-refractivity contribution in [1.29, 1.82) is 0 Å². The predicted molar refractivity (Wildman–Crippen MR) is 259 cm³/mol. The molecule has 6 heteroatoms. The van der Waals surface area contributed by atoms with Gasteiger partial charge in [-0.1, -0.05) is 217 Å². The number of amides is 1. The maximum absolute atomic E-state index is 12.4. The zero-order chi connectivity index (χ0) is 43.7. The first kappa shape index (κ1) is 57.8. The summed E-state index contributed by atoms with van der Waals surface area (Å²) in [5.41, 5.74) is 0. The number of ether oxygens (including phenoxy) is 1. The Hall–Kier alpha value is -2.18. The van der Waals surface area contributed by atoms with Crippen LogP contribution in [0.1, 0.15) is 258 Å². The second-order valence-electron chi connectivity index (χ2n) is 17.5. The van der Waals surface area contributed by atoms with Gasteiger partial charge in [-0.3, -0.25) is 9.59 Å². The second-order valence-corrected chi connectivity index (χ2v) is 17.5. The van der Waals surface area contributed by atoms with Gasteiger partial charge >= 0.3 is 5.97 Å². The van der Waals surface area contributed by atoms with Gasteiger partial charge in [-0.05, 0) is 77.0 Å². The van der Waals surface area contributed by atoms with Gasteiger partial charge in [0.2, 0.25) is 5.91 Å². The molecule has 0 aliphatic heterocycles. The number of hydrogen-bond acceptors (Lipinski definition) is 5. The minimum absolute atomic E-state index is 0.0471. The number of unbranched alkanes of at least 4 members (excludes halogenated alkanes) is 30. The summed E-state index contributed by atoms with van der Waals surface area (Å²) in [6.07, 6.45) is 61.4. The summed E-state index contributed by atoms with van der Waals surface area (Å²) in [6.45, 7) is 4.73. The number of carbonyl (C=O) groups is 2. The first-order valence-electron chi connectivity index (χ1n) is 25.9. The lowest BCUT2D eigenvalue weighted by molar-refractivity contribution is -0.143. The van der Waals surface area contributed by atoms with E-state index in [-0.39, 0.29) is 18.5 Å². The molecule has 0 aromatic heterocycles. The molecule has 0 spiro atoms. The Morgan fingerprint density at radius 1 is 0.467 bits per heavy atom. The van der Waals surface area contributed by atoms with E-state index in [2.05, 4.69) is 55.6 Å². The van der Waals surface area contributed by atoms with Crippen molar-refractivity contribution in [2.75, 3.05) is 13.2 Å². The van der Waals surface area contributed by atoms with Crippen molar-refractivity contribution in [3.8, 4) is 0 Å². The molecule has 6 nitrogen and oxygen atoms in total. The van der Waals surface area contributed by atoms with E-state index in [1.165, 1.54) is 180 Å². The average molecular weight is 842 g/mol. The second kappa shape index (κ2) is 49.5. The van der Waals surface area contributed by atoms with Crippen LogP contribution in [0.2, 0.25) is 0 Å². The van der Waals surface area contributed by atoms with E-state index >= 15 is 0 Å². The molecule has 0 bridgehead atoms. The molecular weight excluding hydrogens is 743 g/mol. The third-order valence-electron chi connectivity index (χ3n) is 11.6. The number of esters is 1. The molecule has 3 N–H and O–H groups in total. The van der Waals surface area contributed by atoms with Crippen molar-refractivity contribution in [3.05, 3.63) is 48.6 Å². The lowest BCUT2D eigenvalue weighted by Crippen LogP contribution is -2.45. The maximum atomic E-state index is 12.4. The van der Waals surface area contributed by atoms with Crippen molar-refractivity contribution in [1.82, 2.24) is 5.32 Å². The van der Waals surface area contributed by atoms with Crippen LogP contribution in [0.25, 0.3) is 0 Å². The van der Waals surface area contributed by atoms with E-state index in [1.54, 1.807) is 6.08 Å². The van der Waals surface area contributed by atoms with E-state index in [0.29, 0.717) is 19.4 Å². The average Bonchev–Trinajstić information content (AvgIpc) is 3.25. The van der Waals surface area contributed by atoms with Crippen LogP contribution in [-0.4, -0.2) is 47.4 Å². The van der Waals surface area contributed by atoms with Gasteiger partial charge in [0.05, 0.1) is 25.4 Å². The molecule has 1 amide bonds. The van der Waals surface area contributed by atoms with E-state index in [1.807, 2.05) is 6.08 Å². The van der Waals surface area contributed by atoms with E-state index < -0.39 is 12.1 Å². The van der Waals surface area contributed by atoms with Gasteiger partial charge in [-0.25, -0.2) is 0 Å². The summed E-state index contributed by atoms with van der Waals surface area (Å²) < 4.78 is 5.39. The highest BCUT2D eigenvalue weighted by Gasteiger charge is 2.18. The van der Waals surface area contributed by atoms with E-state index in [9.17, 15) is 19.8 Å². The first-order valence-corrected chi connectivity index (χ1v) is 25.9. The third-order valence-corrected chi connectivity index (χ3v) is 11.6. The number of nitrogens with one attached hydrogen (secondary N) is 1. The van der Waals surface area contributed by atoms with Crippen LogP contribution in [0.3, 0.4) is 0 Å². The summed E-state index contributed by atoms with van der Waals surface area (Å²) in [5, 5.41) is 22.9. The van der Waals surface area contributed by atoms with Gasteiger partial charge < -0.3 is 20.3 Å². The third kappa shape index (κ3) is 45.3. The molecular formula is C54H99NO5. The van der Waals surface area contributed by atoms with Gasteiger partial charge in [0, 0.05) is 12.8 Å². The zero-order valence-corrected chi connectivity index (χ0v) is 39.7. The summed E-state index contributed by atoms with van der Waals surface area (Å²) in [7, 11) is 0. The minimum Gasteiger partial charge on any atom is -0.465 e. The number of aliphatic hydroxyl groups is 2. The number of allylic oxidation sites excluding steroid dienone is 6. The summed E-state index contributed by atoms with van der Waals surface area (Å²) in [4.78, 5) is 24.3. The van der Waals surface area contributed by atoms with Gasteiger partial charge in [0.25, 0.3) is 0 Å². The van der Waals surface area contributed by atoms with Crippen molar-refractivity contribution in [3.63, 3.8) is 0 Å². The fraction of sp³-hybridized carbons (Fsp3) is 0.815. The Labute approximate surface area is 372 Å². The van der Waals surface area contributed by atoms with Crippen LogP contribution in [0.4, 0.5) is 0 Å². The van der Waals surface area contributed by atoms with Crippen molar-refractivity contribution < 1.29 is 24.5 Å². The van der Waals surface area contributed by atoms with Crippen molar-refractivity contribution in [2.24, 2.45) is 0 Å². The van der Waals surface area contributed by atoms with E-state index in [4.69, 9.17) is 4.74 Å². The summed E-state index contributed by atoms with van der Waals surface area (Å²) >= 11 is 0. The molecule has 0 aromatic rings. The van der Waals surface area contributed by atoms with Crippen LogP contribution >= 0.6 is 0 Å². The maximum Gasteiger partial charge on any atom is 0.305 e. The Morgan fingerprint density at radius 2 is 0.833 bits per heavy atom. The van der Waals surface area contributed by atoms with Gasteiger partial charge in [-0.2, -0.15) is 0 Å². The van der Waals surface area contributed by atoms with Gasteiger partial charge in [0.15, 0.2) is 0 Å². The zero-order valence-electron chi connectivity index (χ0n) is 39.7. The van der Waals surface area contributed by atoms with Crippen molar-refractivity contribution >= 4 is 11.9 Å². The fourth-order valence-electron chi connectivity index (χ4n) is 7.58. The van der Waals surface area contributed by atoms with Crippen LogP contribution < -0.4 is 5.32 Å². The molecule has 0 aliphatic carbocycles. The van der Waals surface area contributed by atoms with Crippen LogP contribution in [0.15, 0.2) is 48.6 Å². The number of hydrogen-bond donors (Lipinski definition) is 3. The van der Waals surface area contributed by atoms with E-state index in [0.717, 1.165) is 51.4 Å². The molecule has 2 unspecified atom stereocenters. The van der Waals surface area contributed by atoms with Crippen LogP contribution in [0.5, 0.6) is 0 Å². The molecule has 350 valence electrons. The molecule has 0 saturated heterocycles. The Bertz CT molecular complexity index is 1020. The van der Waals surface area contributed by atoms with Crippen LogP contribution in [-0.2, 0) is 14.3 Å². The largest absolute Gasteiger partial charge is 0.465 e. The fourth-order valence-corrected chi connectivity index (χ4v) is 7.58. The molecule has 60 heavy (non-hydrogen) atoms. The SMILES string of the molecule is CCCCC/C=C\CCCCCCCC(=O)OCC/C=C\C/C=C\CCCCCCCCCCCCCCCCC(=O)NC(CO)C(O)/C=C/CCCCCCCCCC. The monoisotopic (exact) mass is 842 g/mol. The minimum atomic E-state index is -0.846. The predicted octanol–water partition coefficient (Wildman–Crippen LogP) is 15.5. The lowest BCUT2D eigenvalue weighted by Gasteiger charge is -2.20. The topological polar surface area (TPSA) is 95.9 Å². The Morgan fingerprint density at radius 3 is 1.32 bits per heavy atom. The molecule has 0 heterocycles. The molecule has 0 aliphatic rings. The molecule has 0 saturated carbocycles. The smallest absolute Gasteiger partial charge is 0.305 e. The molecule has 0 fully saturated rings. The normalized spacial score (nSPS) is 13.1. The van der Waals surface area contributed by atoms with Crippen molar-refractivity contribution in [2.45, 2.75) is 270 Å². The van der Waals surface area contributed by atoms with Gasteiger partial charge in [0.1, 0.15) is 0 Å². The number of rotatable bonds is 47. The number of aliphatic hydroxyl groups excluding tert-OH is 2. The Kier molecular flexibility index (Phi) is 47.7. The quantitative estimate of drug-likeness (QED) is 0.0322. The Balaban J connectivity index is 3.48. The molecule has 0 radical (unpaired) electrons. The first-order chi connectivity index (χ1) is 29.5. The molecule has 0 aromatic carbocycles. The lowest BCUT2D eigenvalue weighted by atomic mass is 10.0. The van der Waals surface area contributed by atoms with Crippen LogP contribution in [0, 0.1) is 0 Å². The highest BCUT2D eigenvalue weighted by atomic mass is 16.5. The van der Waals surface area contributed by atoms with Gasteiger partial charge in [-0.15, -0.1) is 0 Å². The molecule has 0 rings (SSSR count). The molecule has 2 atom stereocenters. The highest BCUT2D eigenvalue weighted by molar-refractivity contribution is 5.76. The standard InChI is InChI=1S/C54H99NO5/c1-3-5-7-9-11-13-15-28-32-36-40-44-48-54(59)60-49-45-41-37-33-29-26-24-22-20-18-16-17-19-21-23-25-27-31-35-39-43-47-53(58)55-51(50-56)52(57)46-42-38-34-30-14-12-10-8-6-4-2/h11,13,26,29,37,41-42,46,51-52,56-57H,3-10,12,14-25,27-28,30-36,38-40,43-45,47-50H2,1-2H3,(H,55,58)/b13-11-,29-26-,41-37-,46-42+. The summed E-state index contributed by atoms with van der Waals surface area (Å²) in [5.74, 6) is -0.123. The highest BCUT2D eigenvalue weighted by Crippen LogP contribution is 2.15.